The first-order valence-corrected chi connectivity index (χ1v) is 6.68. The summed E-state index contributed by atoms with van der Waals surface area (Å²) in [6, 6.07) is 0. The smallest absolute Gasteiger partial charge is 0.146 e. The molecule has 2 rings (SSSR count). The largest absolute Gasteiger partial charge is 0.368 e. The fraction of sp³-hybridized carbons (Fsp3) is 0.800. The molecule has 0 aliphatic carbocycles. The van der Waals surface area contributed by atoms with Gasteiger partial charge in [0.1, 0.15) is 16.1 Å². The van der Waals surface area contributed by atoms with Gasteiger partial charge in [0.05, 0.1) is 6.10 Å². The Morgan fingerprint density at radius 2 is 2.33 bits per heavy atom. The number of alkyl halides is 1. The number of nitrogens with zero attached hydrogens (tertiary/aromatic N) is 2. The molecule has 1 aliphatic rings. The number of hydrogen-bond acceptors (Lipinski definition) is 4. The fourth-order valence-corrected chi connectivity index (χ4v) is 2.79. The van der Waals surface area contributed by atoms with Crippen LogP contribution in [-0.2, 0) is 11.2 Å². The van der Waals surface area contributed by atoms with Gasteiger partial charge in [-0.15, -0.1) is 21.8 Å². The van der Waals surface area contributed by atoms with Gasteiger partial charge in [0, 0.05) is 12.3 Å². The van der Waals surface area contributed by atoms with Crippen molar-refractivity contribution in [1.29, 1.82) is 0 Å². The van der Waals surface area contributed by atoms with Gasteiger partial charge in [0.25, 0.3) is 0 Å². The third kappa shape index (κ3) is 2.89. The highest BCUT2D eigenvalue weighted by Crippen LogP contribution is 2.33. The highest BCUT2D eigenvalue weighted by molar-refractivity contribution is 7.11. The van der Waals surface area contributed by atoms with Gasteiger partial charge in [-0.2, -0.15) is 0 Å². The lowest BCUT2D eigenvalue weighted by molar-refractivity contribution is 0.0550. The summed E-state index contributed by atoms with van der Waals surface area (Å²) in [5, 5.41) is 10.4. The standard InChI is InChI=1S/C10H15ClN2OS/c1-7-4-5-8(14-7)10-13-12-9(15-10)3-2-6-11/h7-8H,2-6H2,1H3. The van der Waals surface area contributed by atoms with Crippen LogP contribution < -0.4 is 0 Å². The lowest BCUT2D eigenvalue weighted by Crippen LogP contribution is -2.00. The minimum Gasteiger partial charge on any atom is -0.368 e. The molecular weight excluding hydrogens is 232 g/mol. The minimum atomic E-state index is 0.183. The molecule has 1 saturated heterocycles. The maximum Gasteiger partial charge on any atom is 0.146 e. The van der Waals surface area contributed by atoms with E-state index >= 15 is 0 Å². The molecule has 1 fully saturated rings. The number of ether oxygens (including phenoxy) is 1. The number of aryl methyl sites for hydroxylation is 1. The van der Waals surface area contributed by atoms with E-state index in [4.69, 9.17) is 16.3 Å². The molecule has 0 amide bonds. The Kier molecular flexibility index (Phi) is 3.94. The summed E-state index contributed by atoms with van der Waals surface area (Å²) in [6.45, 7) is 2.11. The van der Waals surface area contributed by atoms with Gasteiger partial charge in [-0.3, -0.25) is 0 Å². The van der Waals surface area contributed by atoms with Gasteiger partial charge >= 0.3 is 0 Å². The van der Waals surface area contributed by atoms with E-state index in [-0.39, 0.29) is 6.10 Å². The normalized spacial score (nSPS) is 26.0. The molecule has 0 saturated carbocycles. The number of hydrogen-bond donors (Lipinski definition) is 0. The van der Waals surface area contributed by atoms with Crippen LogP contribution in [-0.4, -0.2) is 22.2 Å². The molecule has 1 aromatic rings. The van der Waals surface area contributed by atoms with Crippen molar-refractivity contribution >= 4 is 22.9 Å². The van der Waals surface area contributed by atoms with Crippen molar-refractivity contribution in [3.8, 4) is 0 Å². The number of rotatable bonds is 4. The molecule has 5 heteroatoms. The van der Waals surface area contributed by atoms with E-state index in [0.29, 0.717) is 12.0 Å². The number of aromatic nitrogens is 2. The lowest BCUT2D eigenvalue weighted by atomic mass is 10.2. The van der Waals surface area contributed by atoms with Gasteiger partial charge in [0.15, 0.2) is 0 Å². The van der Waals surface area contributed by atoms with Crippen LogP contribution in [0.2, 0.25) is 0 Å². The minimum absolute atomic E-state index is 0.183. The third-order valence-corrected chi connectivity index (χ3v) is 3.86. The molecule has 84 valence electrons. The van der Waals surface area contributed by atoms with Crippen LogP contribution in [0.15, 0.2) is 0 Å². The quantitative estimate of drug-likeness (QED) is 0.767. The van der Waals surface area contributed by atoms with Gasteiger partial charge in [-0.05, 0) is 26.2 Å². The second-order valence-electron chi connectivity index (χ2n) is 3.84. The van der Waals surface area contributed by atoms with Crippen LogP contribution in [0, 0.1) is 0 Å². The molecule has 1 aromatic heterocycles. The molecular formula is C10H15ClN2OS. The summed E-state index contributed by atoms with van der Waals surface area (Å²) in [4.78, 5) is 0. The number of halogens is 1. The van der Waals surface area contributed by atoms with Crippen molar-refractivity contribution in [3.63, 3.8) is 0 Å². The zero-order chi connectivity index (χ0) is 10.7. The van der Waals surface area contributed by atoms with Gasteiger partial charge in [-0.25, -0.2) is 0 Å². The average molecular weight is 247 g/mol. The molecule has 15 heavy (non-hydrogen) atoms. The van der Waals surface area contributed by atoms with E-state index in [1.807, 2.05) is 0 Å². The highest BCUT2D eigenvalue weighted by Gasteiger charge is 2.26. The zero-order valence-electron chi connectivity index (χ0n) is 8.78. The van der Waals surface area contributed by atoms with Crippen molar-refractivity contribution in [2.45, 2.75) is 44.8 Å². The van der Waals surface area contributed by atoms with Gasteiger partial charge in [0.2, 0.25) is 0 Å². The maximum absolute atomic E-state index is 5.75. The first kappa shape index (κ1) is 11.3. The summed E-state index contributed by atoms with van der Waals surface area (Å²) in [7, 11) is 0. The van der Waals surface area contributed by atoms with E-state index in [9.17, 15) is 0 Å². The van der Waals surface area contributed by atoms with Crippen LogP contribution in [0.5, 0.6) is 0 Å². The predicted molar refractivity (Wildman–Crippen MR) is 61.5 cm³/mol. The van der Waals surface area contributed by atoms with E-state index in [1.165, 1.54) is 0 Å². The topological polar surface area (TPSA) is 35.0 Å². The Morgan fingerprint density at radius 3 is 3.00 bits per heavy atom. The molecule has 3 nitrogen and oxygen atoms in total. The average Bonchev–Trinajstić information content (AvgIpc) is 2.83. The van der Waals surface area contributed by atoms with E-state index in [0.717, 1.165) is 35.7 Å². The Bertz CT molecular complexity index is 318. The fourth-order valence-electron chi connectivity index (χ4n) is 1.70. The summed E-state index contributed by atoms with van der Waals surface area (Å²) in [6.07, 6.45) is 4.65. The van der Waals surface area contributed by atoms with E-state index in [1.54, 1.807) is 11.3 Å². The van der Waals surface area contributed by atoms with Crippen LogP contribution in [0.25, 0.3) is 0 Å². The van der Waals surface area contributed by atoms with Crippen molar-refractivity contribution < 1.29 is 4.74 Å². The molecule has 0 aromatic carbocycles. The molecule has 0 spiro atoms. The van der Waals surface area contributed by atoms with Crippen molar-refractivity contribution in [2.75, 3.05) is 5.88 Å². The summed E-state index contributed by atoms with van der Waals surface area (Å²) < 4.78 is 5.75. The zero-order valence-corrected chi connectivity index (χ0v) is 10.4. The maximum atomic E-state index is 5.75. The van der Waals surface area contributed by atoms with Crippen molar-refractivity contribution in [3.05, 3.63) is 10.0 Å². The van der Waals surface area contributed by atoms with Crippen LogP contribution in [0.4, 0.5) is 0 Å². The van der Waals surface area contributed by atoms with Crippen LogP contribution in [0.1, 0.15) is 42.3 Å². The summed E-state index contributed by atoms with van der Waals surface area (Å²) >= 11 is 7.30. The predicted octanol–water partition coefficient (Wildman–Crippen LogP) is 2.95. The lowest BCUT2D eigenvalue weighted by Gasteiger charge is -2.05. The molecule has 0 N–H and O–H groups in total. The molecule has 0 radical (unpaired) electrons. The summed E-state index contributed by atoms with van der Waals surface area (Å²) in [5.41, 5.74) is 0. The Labute approximate surface area is 98.8 Å². The Morgan fingerprint density at radius 1 is 1.47 bits per heavy atom. The third-order valence-electron chi connectivity index (χ3n) is 2.51. The molecule has 1 aliphatic heterocycles. The Balaban J connectivity index is 1.94. The first-order valence-electron chi connectivity index (χ1n) is 5.33. The van der Waals surface area contributed by atoms with Crippen molar-refractivity contribution in [1.82, 2.24) is 10.2 Å². The van der Waals surface area contributed by atoms with Gasteiger partial charge < -0.3 is 4.74 Å². The van der Waals surface area contributed by atoms with Crippen molar-refractivity contribution in [2.24, 2.45) is 0 Å². The Hall–Kier alpha value is -0.190. The molecule has 2 unspecified atom stereocenters. The first-order chi connectivity index (χ1) is 7.29. The van der Waals surface area contributed by atoms with Crippen LogP contribution in [0.3, 0.4) is 0 Å². The van der Waals surface area contributed by atoms with Crippen LogP contribution >= 0.6 is 22.9 Å². The van der Waals surface area contributed by atoms with Gasteiger partial charge in [-0.1, -0.05) is 11.3 Å². The van der Waals surface area contributed by atoms with E-state index < -0.39 is 0 Å². The molecule has 0 bridgehead atoms. The monoisotopic (exact) mass is 246 g/mol. The second kappa shape index (κ2) is 5.23. The second-order valence-corrected chi connectivity index (χ2v) is 5.31. The summed E-state index contributed by atoms with van der Waals surface area (Å²) in [5.74, 6) is 0.686. The van der Waals surface area contributed by atoms with E-state index in [2.05, 4.69) is 17.1 Å². The molecule has 2 atom stereocenters. The molecule has 2 heterocycles. The highest BCUT2D eigenvalue weighted by atomic mass is 35.5. The SMILES string of the molecule is CC1CCC(c2nnc(CCCCl)s2)O1.